The van der Waals surface area contributed by atoms with Crippen molar-refractivity contribution in [2.75, 3.05) is 31.1 Å². The van der Waals surface area contributed by atoms with Crippen molar-refractivity contribution in [3.05, 3.63) is 33.9 Å². The van der Waals surface area contributed by atoms with Crippen LogP contribution >= 0.6 is 11.3 Å². The molecule has 0 N–H and O–H groups in total. The summed E-state index contributed by atoms with van der Waals surface area (Å²) in [5.41, 5.74) is 3.46. The number of amides is 1. The van der Waals surface area contributed by atoms with Gasteiger partial charge in [0.2, 0.25) is 0 Å². The normalized spacial score (nSPS) is 15.7. The standard InChI is InChI=1S/C15H19N5OS/c1-11-4-5-13(18-17-11)19-6-3-7-20(9-8-19)15(21)14-12(2)16-10-22-14/h4-5,10H,3,6-9H2,1-2H3. The first-order chi connectivity index (χ1) is 10.6. The van der Waals surface area contributed by atoms with Gasteiger partial charge in [-0.3, -0.25) is 4.79 Å². The molecular formula is C15H19N5OS. The molecule has 116 valence electrons. The Bertz CT molecular complexity index is 654. The van der Waals surface area contributed by atoms with Crippen LogP contribution < -0.4 is 4.90 Å². The molecule has 0 bridgehead atoms. The molecule has 1 aliphatic rings. The Balaban J connectivity index is 1.68. The summed E-state index contributed by atoms with van der Waals surface area (Å²) in [6.45, 7) is 6.95. The SMILES string of the molecule is Cc1ccc(N2CCCN(C(=O)c3scnc3C)CC2)nn1. The molecule has 0 radical (unpaired) electrons. The first-order valence-corrected chi connectivity index (χ1v) is 8.28. The fourth-order valence-electron chi connectivity index (χ4n) is 2.56. The first-order valence-electron chi connectivity index (χ1n) is 7.40. The molecule has 2 aromatic rings. The van der Waals surface area contributed by atoms with Gasteiger partial charge < -0.3 is 9.80 Å². The van der Waals surface area contributed by atoms with Crippen molar-refractivity contribution >= 4 is 23.1 Å². The number of nitrogens with zero attached hydrogens (tertiary/aromatic N) is 5. The summed E-state index contributed by atoms with van der Waals surface area (Å²) < 4.78 is 0. The third-order valence-corrected chi connectivity index (χ3v) is 4.75. The Morgan fingerprint density at radius 1 is 1.14 bits per heavy atom. The number of anilines is 1. The quantitative estimate of drug-likeness (QED) is 0.846. The molecule has 0 atom stereocenters. The van der Waals surface area contributed by atoms with Gasteiger partial charge in [-0.2, -0.15) is 5.10 Å². The van der Waals surface area contributed by atoms with E-state index in [0.717, 1.165) is 48.1 Å². The van der Waals surface area contributed by atoms with Crippen molar-refractivity contribution in [3.63, 3.8) is 0 Å². The molecule has 1 saturated heterocycles. The molecule has 1 fully saturated rings. The van der Waals surface area contributed by atoms with Gasteiger partial charge in [0, 0.05) is 26.2 Å². The zero-order chi connectivity index (χ0) is 15.5. The van der Waals surface area contributed by atoms with E-state index in [-0.39, 0.29) is 5.91 Å². The highest BCUT2D eigenvalue weighted by molar-refractivity contribution is 7.11. The molecule has 3 heterocycles. The van der Waals surface area contributed by atoms with E-state index in [2.05, 4.69) is 20.1 Å². The zero-order valence-corrected chi connectivity index (χ0v) is 13.6. The van der Waals surface area contributed by atoms with E-state index in [9.17, 15) is 4.79 Å². The fourth-order valence-corrected chi connectivity index (χ4v) is 3.33. The van der Waals surface area contributed by atoms with Crippen LogP contribution in [0.15, 0.2) is 17.6 Å². The lowest BCUT2D eigenvalue weighted by Crippen LogP contribution is -2.35. The molecule has 7 heteroatoms. The fraction of sp³-hybridized carbons (Fsp3) is 0.467. The molecule has 2 aromatic heterocycles. The summed E-state index contributed by atoms with van der Waals surface area (Å²) in [6.07, 6.45) is 0.930. The second kappa shape index (κ2) is 6.39. The van der Waals surface area contributed by atoms with Crippen molar-refractivity contribution in [1.82, 2.24) is 20.1 Å². The van der Waals surface area contributed by atoms with Crippen molar-refractivity contribution in [2.24, 2.45) is 0 Å². The largest absolute Gasteiger partial charge is 0.353 e. The number of rotatable bonds is 2. The van der Waals surface area contributed by atoms with E-state index in [4.69, 9.17) is 0 Å². The van der Waals surface area contributed by atoms with E-state index < -0.39 is 0 Å². The minimum atomic E-state index is 0.0943. The average molecular weight is 317 g/mol. The minimum absolute atomic E-state index is 0.0943. The van der Waals surface area contributed by atoms with Gasteiger partial charge in [-0.05, 0) is 32.4 Å². The molecule has 6 nitrogen and oxygen atoms in total. The van der Waals surface area contributed by atoms with Crippen LogP contribution in [-0.4, -0.2) is 52.2 Å². The first kappa shape index (κ1) is 14.9. The van der Waals surface area contributed by atoms with Crippen LogP contribution in [0.4, 0.5) is 5.82 Å². The third-order valence-electron chi connectivity index (χ3n) is 3.83. The number of hydrogen-bond acceptors (Lipinski definition) is 6. The monoisotopic (exact) mass is 317 g/mol. The van der Waals surface area contributed by atoms with Gasteiger partial charge in [-0.15, -0.1) is 16.4 Å². The number of thiazole rings is 1. The molecular weight excluding hydrogens is 298 g/mol. The van der Waals surface area contributed by atoms with Crippen molar-refractivity contribution in [1.29, 1.82) is 0 Å². The molecule has 1 amide bonds. The number of carbonyl (C=O) groups excluding carboxylic acids is 1. The van der Waals surface area contributed by atoms with Crippen LogP contribution in [0.2, 0.25) is 0 Å². The van der Waals surface area contributed by atoms with Gasteiger partial charge in [0.25, 0.3) is 5.91 Å². The Morgan fingerprint density at radius 3 is 2.68 bits per heavy atom. The lowest BCUT2D eigenvalue weighted by Gasteiger charge is -2.22. The molecule has 22 heavy (non-hydrogen) atoms. The van der Waals surface area contributed by atoms with Crippen LogP contribution in [0.5, 0.6) is 0 Å². The summed E-state index contributed by atoms with van der Waals surface area (Å²) in [7, 11) is 0. The van der Waals surface area contributed by atoms with Crippen molar-refractivity contribution < 1.29 is 4.79 Å². The van der Waals surface area contributed by atoms with Crippen molar-refractivity contribution in [3.8, 4) is 0 Å². The third kappa shape index (κ3) is 3.09. The molecule has 0 aromatic carbocycles. The maximum absolute atomic E-state index is 12.6. The lowest BCUT2D eigenvalue weighted by atomic mass is 10.3. The van der Waals surface area contributed by atoms with Crippen molar-refractivity contribution in [2.45, 2.75) is 20.3 Å². The lowest BCUT2D eigenvalue weighted by molar-refractivity contribution is 0.0771. The second-order valence-corrected chi connectivity index (χ2v) is 6.29. The van der Waals surface area contributed by atoms with Crippen LogP contribution in [0.1, 0.15) is 27.5 Å². The minimum Gasteiger partial charge on any atom is -0.353 e. The van der Waals surface area contributed by atoms with Gasteiger partial charge >= 0.3 is 0 Å². The summed E-state index contributed by atoms with van der Waals surface area (Å²) in [5.74, 6) is 0.978. The topological polar surface area (TPSA) is 62.2 Å². The highest BCUT2D eigenvalue weighted by Gasteiger charge is 2.23. The predicted octanol–water partition coefficient (Wildman–Crippen LogP) is 1.90. The van der Waals surface area contributed by atoms with E-state index in [1.54, 1.807) is 5.51 Å². The van der Waals surface area contributed by atoms with Crippen LogP contribution in [0.3, 0.4) is 0 Å². The smallest absolute Gasteiger partial charge is 0.265 e. The summed E-state index contributed by atoms with van der Waals surface area (Å²) >= 11 is 1.42. The van der Waals surface area contributed by atoms with E-state index in [0.29, 0.717) is 6.54 Å². The second-order valence-electron chi connectivity index (χ2n) is 5.43. The van der Waals surface area contributed by atoms with E-state index in [1.165, 1.54) is 11.3 Å². The van der Waals surface area contributed by atoms with Gasteiger partial charge in [0.1, 0.15) is 4.88 Å². The molecule has 3 rings (SSSR count). The highest BCUT2D eigenvalue weighted by Crippen LogP contribution is 2.18. The Morgan fingerprint density at radius 2 is 2.00 bits per heavy atom. The molecule has 0 saturated carbocycles. The summed E-state index contributed by atoms with van der Waals surface area (Å²) in [4.78, 5) is 21.6. The van der Waals surface area contributed by atoms with Crippen LogP contribution in [-0.2, 0) is 0 Å². The molecule has 0 aliphatic carbocycles. The van der Waals surface area contributed by atoms with E-state index in [1.807, 2.05) is 30.9 Å². The maximum atomic E-state index is 12.6. The average Bonchev–Trinajstić information content (AvgIpc) is 2.80. The number of aromatic nitrogens is 3. The number of hydrogen-bond donors (Lipinski definition) is 0. The molecule has 0 spiro atoms. The predicted molar refractivity (Wildman–Crippen MR) is 86.4 cm³/mol. The Hall–Kier alpha value is -2.02. The number of aryl methyl sites for hydroxylation is 2. The van der Waals surface area contributed by atoms with Gasteiger partial charge in [0.05, 0.1) is 16.9 Å². The van der Waals surface area contributed by atoms with Crippen LogP contribution in [0, 0.1) is 13.8 Å². The zero-order valence-electron chi connectivity index (χ0n) is 12.8. The molecule has 1 aliphatic heterocycles. The summed E-state index contributed by atoms with van der Waals surface area (Å²) in [6, 6.07) is 3.96. The Labute approximate surface area is 133 Å². The van der Waals surface area contributed by atoms with E-state index >= 15 is 0 Å². The summed E-state index contributed by atoms with van der Waals surface area (Å²) in [5, 5.41) is 8.35. The van der Waals surface area contributed by atoms with Gasteiger partial charge in [-0.1, -0.05) is 0 Å². The number of carbonyl (C=O) groups is 1. The molecule has 0 unspecified atom stereocenters. The Kier molecular flexibility index (Phi) is 4.33. The highest BCUT2D eigenvalue weighted by atomic mass is 32.1. The van der Waals surface area contributed by atoms with Gasteiger partial charge in [0.15, 0.2) is 5.82 Å². The maximum Gasteiger partial charge on any atom is 0.265 e. The van der Waals surface area contributed by atoms with Crippen LogP contribution in [0.25, 0.3) is 0 Å². The van der Waals surface area contributed by atoms with Gasteiger partial charge in [-0.25, -0.2) is 4.98 Å².